The fraction of sp³-hybridized carbons (Fsp3) is 0.250. The van der Waals surface area contributed by atoms with Gasteiger partial charge in [-0.3, -0.25) is 19.7 Å². The summed E-state index contributed by atoms with van der Waals surface area (Å²) in [5.41, 5.74) is 1.26. The molecule has 1 amide bonds. The van der Waals surface area contributed by atoms with Crippen molar-refractivity contribution < 1.29 is 9.32 Å². The van der Waals surface area contributed by atoms with Crippen molar-refractivity contribution in [2.75, 3.05) is 25.0 Å². The lowest BCUT2D eigenvalue weighted by atomic mass is 10.0. The van der Waals surface area contributed by atoms with Crippen LogP contribution >= 0.6 is 0 Å². The van der Waals surface area contributed by atoms with Crippen molar-refractivity contribution >= 4 is 11.6 Å². The summed E-state index contributed by atoms with van der Waals surface area (Å²) in [6.45, 7) is 1.71. The molecule has 4 heterocycles. The first-order valence-electron chi connectivity index (χ1n) is 7.80. The molecule has 0 unspecified atom stereocenters. The summed E-state index contributed by atoms with van der Waals surface area (Å²) >= 11 is 0. The molecule has 0 radical (unpaired) electrons. The highest BCUT2D eigenvalue weighted by Crippen LogP contribution is 2.26. The molecule has 3 aromatic rings. The number of anilines is 1. The van der Waals surface area contributed by atoms with E-state index in [1.54, 1.807) is 43.1 Å². The maximum absolute atomic E-state index is 12.0. The highest BCUT2D eigenvalue weighted by Gasteiger charge is 2.33. The molecular weight excluding hydrogens is 322 g/mol. The summed E-state index contributed by atoms with van der Waals surface area (Å²) in [5, 5.41) is 6.75. The van der Waals surface area contributed by atoms with Crippen LogP contribution < -0.4 is 5.32 Å². The van der Waals surface area contributed by atoms with Gasteiger partial charge in [-0.2, -0.15) is 4.98 Å². The SMILES string of the molecule is O=C(CN1CC(c2nc(-c3cnccn3)no2)C1)Nc1cccnc1. The first-order valence-corrected chi connectivity index (χ1v) is 7.80. The van der Waals surface area contributed by atoms with E-state index in [2.05, 4.69) is 30.4 Å². The van der Waals surface area contributed by atoms with E-state index in [9.17, 15) is 4.79 Å². The standard InChI is InChI=1S/C16H15N7O2/c24-14(20-12-2-1-3-17-6-12)10-23-8-11(9-23)16-21-15(22-25-16)13-7-18-4-5-19-13/h1-7,11H,8-10H2,(H,20,24). The Hall–Kier alpha value is -3.20. The van der Waals surface area contributed by atoms with Crippen LogP contribution in [0.4, 0.5) is 5.69 Å². The lowest BCUT2D eigenvalue weighted by molar-refractivity contribution is -0.118. The highest BCUT2D eigenvalue weighted by atomic mass is 16.5. The van der Waals surface area contributed by atoms with Gasteiger partial charge in [0, 0.05) is 31.7 Å². The number of rotatable bonds is 5. The zero-order valence-corrected chi connectivity index (χ0v) is 13.2. The third-order valence-corrected chi connectivity index (χ3v) is 3.85. The molecule has 9 heteroatoms. The summed E-state index contributed by atoms with van der Waals surface area (Å²) in [6.07, 6.45) is 8.03. The molecule has 1 N–H and O–H groups in total. The van der Waals surface area contributed by atoms with Crippen molar-refractivity contribution in [1.29, 1.82) is 0 Å². The predicted molar refractivity (Wildman–Crippen MR) is 87.4 cm³/mol. The van der Waals surface area contributed by atoms with Crippen molar-refractivity contribution in [1.82, 2.24) is 30.0 Å². The number of nitrogens with one attached hydrogen (secondary N) is 1. The Morgan fingerprint density at radius 1 is 1.24 bits per heavy atom. The maximum Gasteiger partial charge on any atom is 0.238 e. The van der Waals surface area contributed by atoms with Crippen LogP contribution in [-0.4, -0.2) is 55.5 Å². The molecule has 0 atom stereocenters. The first kappa shape index (κ1) is 15.3. The lowest BCUT2D eigenvalue weighted by Gasteiger charge is -2.36. The van der Waals surface area contributed by atoms with Gasteiger partial charge in [0.25, 0.3) is 0 Å². The van der Waals surface area contributed by atoms with Gasteiger partial charge in [-0.05, 0) is 12.1 Å². The van der Waals surface area contributed by atoms with Gasteiger partial charge < -0.3 is 9.84 Å². The number of aromatic nitrogens is 5. The van der Waals surface area contributed by atoms with E-state index in [0.29, 0.717) is 42.7 Å². The van der Waals surface area contributed by atoms with E-state index >= 15 is 0 Å². The molecule has 0 aromatic carbocycles. The molecule has 1 aliphatic rings. The summed E-state index contributed by atoms with van der Waals surface area (Å²) < 4.78 is 5.31. The van der Waals surface area contributed by atoms with Crippen molar-refractivity contribution in [2.24, 2.45) is 0 Å². The van der Waals surface area contributed by atoms with Crippen molar-refractivity contribution in [3.05, 3.63) is 49.0 Å². The van der Waals surface area contributed by atoms with Gasteiger partial charge in [0.15, 0.2) is 0 Å². The summed E-state index contributed by atoms with van der Waals surface area (Å²) in [5.74, 6) is 1.04. The van der Waals surface area contributed by atoms with Crippen LogP contribution in [0.15, 0.2) is 47.6 Å². The van der Waals surface area contributed by atoms with Gasteiger partial charge in [-0.15, -0.1) is 0 Å². The van der Waals surface area contributed by atoms with Gasteiger partial charge in [0.2, 0.25) is 17.6 Å². The molecule has 0 saturated carbocycles. The molecular formula is C16H15N7O2. The number of carbonyl (C=O) groups excluding carboxylic acids is 1. The molecule has 1 aliphatic heterocycles. The second kappa shape index (κ2) is 6.73. The van der Waals surface area contributed by atoms with E-state index in [-0.39, 0.29) is 11.8 Å². The Kier molecular flexibility index (Phi) is 4.13. The normalized spacial score (nSPS) is 14.9. The molecule has 0 bridgehead atoms. The molecule has 9 nitrogen and oxygen atoms in total. The molecule has 1 saturated heterocycles. The Morgan fingerprint density at radius 2 is 2.12 bits per heavy atom. The molecule has 126 valence electrons. The summed E-state index contributed by atoms with van der Waals surface area (Å²) in [7, 11) is 0. The Balaban J connectivity index is 1.29. The lowest BCUT2D eigenvalue weighted by Crippen LogP contribution is -2.48. The number of hydrogen-bond acceptors (Lipinski definition) is 8. The number of carbonyl (C=O) groups is 1. The second-order valence-electron chi connectivity index (χ2n) is 5.73. The average Bonchev–Trinajstić information content (AvgIpc) is 3.09. The van der Waals surface area contributed by atoms with Gasteiger partial charge in [-0.25, -0.2) is 4.98 Å². The van der Waals surface area contributed by atoms with Crippen molar-refractivity contribution in [3.8, 4) is 11.5 Å². The quantitative estimate of drug-likeness (QED) is 0.733. The minimum absolute atomic E-state index is 0.0720. The maximum atomic E-state index is 12.0. The van der Waals surface area contributed by atoms with Crippen LogP contribution in [0.3, 0.4) is 0 Å². The van der Waals surface area contributed by atoms with Crippen LogP contribution in [0.1, 0.15) is 11.8 Å². The molecule has 4 rings (SSSR count). The summed E-state index contributed by atoms with van der Waals surface area (Å²) in [6, 6.07) is 3.58. The Morgan fingerprint density at radius 3 is 2.88 bits per heavy atom. The first-order chi connectivity index (χ1) is 12.3. The summed E-state index contributed by atoms with van der Waals surface area (Å²) in [4.78, 5) is 30.5. The van der Waals surface area contributed by atoms with Gasteiger partial charge in [-0.1, -0.05) is 5.16 Å². The Labute approximate surface area is 143 Å². The van der Waals surface area contributed by atoms with Crippen LogP contribution in [0.5, 0.6) is 0 Å². The number of pyridine rings is 1. The van der Waals surface area contributed by atoms with E-state index in [0.717, 1.165) is 0 Å². The Bertz CT molecular complexity index is 847. The molecule has 1 fully saturated rings. The highest BCUT2D eigenvalue weighted by molar-refractivity contribution is 5.92. The van der Waals surface area contributed by atoms with Crippen molar-refractivity contribution in [3.63, 3.8) is 0 Å². The largest absolute Gasteiger partial charge is 0.339 e. The van der Waals surface area contributed by atoms with Crippen molar-refractivity contribution in [2.45, 2.75) is 5.92 Å². The molecule has 25 heavy (non-hydrogen) atoms. The zero-order valence-electron chi connectivity index (χ0n) is 13.2. The van der Waals surface area contributed by atoms with Gasteiger partial charge in [0.1, 0.15) is 5.69 Å². The van der Waals surface area contributed by atoms with Crippen LogP contribution in [0, 0.1) is 0 Å². The van der Waals surface area contributed by atoms with Crippen LogP contribution in [0.2, 0.25) is 0 Å². The van der Waals surface area contributed by atoms with Crippen LogP contribution in [-0.2, 0) is 4.79 Å². The second-order valence-corrected chi connectivity index (χ2v) is 5.73. The number of nitrogens with zero attached hydrogens (tertiary/aromatic N) is 6. The van der Waals surface area contributed by atoms with Gasteiger partial charge >= 0.3 is 0 Å². The molecule has 0 spiro atoms. The monoisotopic (exact) mass is 337 g/mol. The average molecular weight is 337 g/mol. The topological polar surface area (TPSA) is 110 Å². The fourth-order valence-corrected chi connectivity index (χ4v) is 2.62. The zero-order chi connectivity index (χ0) is 17.1. The van der Waals surface area contributed by atoms with E-state index < -0.39 is 0 Å². The third kappa shape index (κ3) is 3.50. The number of hydrogen-bond donors (Lipinski definition) is 1. The van der Waals surface area contributed by atoms with E-state index in [1.807, 2.05) is 4.90 Å². The minimum Gasteiger partial charge on any atom is -0.339 e. The minimum atomic E-state index is -0.0720. The molecule has 0 aliphatic carbocycles. The molecule has 3 aromatic heterocycles. The fourth-order valence-electron chi connectivity index (χ4n) is 2.62. The smallest absolute Gasteiger partial charge is 0.238 e. The van der Waals surface area contributed by atoms with Gasteiger partial charge in [0.05, 0.1) is 30.5 Å². The number of likely N-dealkylation sites (tertiary alicyclic amines) is 1. The number of amides is 1. The van der Waals surface area contributed by atoms with E-state index in [4.69, 9.17) is 4.52 Å². The van der Waals surface area contributed by atoms with E-state index in [1.165, 1.54) is 0 Å². The van der Waals surface area contributed by atoms with Crippen LogP contribution in [0.25, 0.3) is 11.5 Å². The third-order valence-electron chi connectivity index (χ3n) is 3.85. The predicted octanol–water partition coefficient (Wildman–Crippen LogP) is 0.959.